The number of nitrogens with zero attached hydrogens (tertiary/aromatic N) is 2. The molecule has 0 bridgehead atoms. The second kappa shape index (κ2) is 8.45. The first-order valence-electron chi connectivity index (χ1n) is 7.43. The number of hydrogen-bond donors (Lipinski definition) is 1. The number of benzene rings is 1. The van der Waals surface area contributed by atoms with Crippen LogP contribution in [0.5, 0.6) is 0 Å². The average Bonchev–Trinajstić information content (AvgIpc) is 3.10. The summed E-state index contributed by atoms with van der Waals surface area (Å²) in [5, 5.41) is 3.16. The first-order chi connectivity index (χ1) is 11.7. The summed E-state index contributed by atoms with van der Waals surface area (Å²) in [5.41, 5.74) is 9.10. The number of anilines is 1. The maximum absolute atomic E-state index is 12.3. The number of ketones is 1. The summed E-state index contributed by atoms with van der Waals surface area (Å²) >= 11 is 0. The minimum absolute atomic E-state index is 0.0784. The number of esters is 1. The molecule has 7 heteroatoms. The molecule has 1 aromatic heterocycles. The Morgan fingerprint density at radius 2 is 2.00 bits per heavy atom. The molecule has 0 aliphatic carbocycles. The molecule has 0 aliphatic heterocycles. The highest BCUT2D eigenvalue weighted by molar-refractivity contribution is 6.62. The van der Waals surface area contributed by atoms with Gasteiger partial charge in [-0.25, -0.2) is 4.79 Å². The SMILES string of the molecule is CCOC(=O)C(=[N+]=[N-])C(=O)CC(Nc1ccccc1)c1ccco1. The van der Waals surface area contributed by atoms with Crippen molar-refractivity contribution in [3.8, 4) is 0 Å². The van der Waals surface area contributed by atoms with E-state index in [0.717, 1.165) is 5.69 Å². The molecule has 0 amide bonds. The van der Waals surface area contributed by atoms with E-state index in [2.05, 4.69) is 10.1 Å². The van der Waals surface area contributed by atoms with Gasteiger partial charge in [-0.15, -0.1) is 0 Å². The molecule has 1 aromatic carbocycles. The Kier molecular flexibility index (Phi) is 6.05. The monoisotopic (exact) mass is 327 g/mol. The van der Waals surface area contributed by atoms with E-state index in [9.17, 15) is 9.59 Å². The summed E-state index contributed by atoms with van der Waals surface area (Å²) in [6, 6.07) is 12.1. The highest BCUT2D eigenvalue weighted by Gasteiger charge is 2.33. The largest absolute Gasteiger partial charge is 0.467 e. The molecule has 2 rings (SSSR count). The van der Waals surface area contributed by atoms with Gasteiger partial charge in [-0.1, -0.05) is 18.2 Å². The van der Waals surface area contributed by atoms with Gasteiger partial charge < -0.3 is 20.0 Å². The van der Waals surface area contributed by atoms with E-state index in [1.54, 1.807) is 19.1 Å². The van der Waals surface area contributed by atoms with Gasteiger partial charge in [-0.3, -0.25) is 4.79 Å². The van der Waals surface area contributed by atoms with Crippen LogP contribution in [0.3, 0.4) is 0 Å². The lowest BCUT2D eigenvalue weighted by atomic mass is 10.0. The Balaban J connectivity index is 2.18. The molecule has 0 aliphatic rings. The van der Waals surface area contributed by atoms with Crippen LogP contribution >= 0.6 is 0 Å². The molecule has 1 atom stereocenters. The summed E-state index contributed by atoms with van der Waals surface area (Å²) < 4.78 is 10.1. The molecule has 7 nitrogen and oxygen atoms in total. The summed E-state index contributed by atoms with van der Waals surface area (Å²) in [5.74, 6) is -1.09. The van der Waals surface area contributed by atoms with Gasteiger partial charge in [0.15, 0.2) is 0 Å². The van der Waals surface area contributed by atoms with Crippen LogP contribution < -0.4 is 5.32 Å². The number of hydrogen-bond acceptors (Lipinski definition) is 5. The first kappa shape index (κ1) is 17.2. The van der Waals surface area contributed by atoms with Gasteiger partial charge in [0.25, 0.3) is 5.78 Å². The summed E-state index contributed by atoms with van der Waals surface area (Å²) in [7, 11) is 0. The van der Waals surface area contributed by atoms with Crippen LogP contribution in [0.2, 0.25) is 0 Å². The lowest BCUT2D eigenvalue weighted by Gasteiger charge is -2.16. The Bertz CT molecular complexity index is 734. The van der Waals surface area contributed by atoms with E-state index < -0.39 is 23.5 Å². The average molecular weight is 327 g/mol. The Hall–Kier alpha value is -3.18. The number of furan rings is 1. The van der Waals surface area contributed by atoms with Crippen molar-refractivity contribution in [2.24, 2.45) is 0 Å². The number of carbonyl (C=O) groups is 2. The highest BCUT2D eigenvalue weighted by Crippen LogP contribution is 2.23. The van der Waals surface area contributed by atoms with Gasteiger partial charge in [0, 0.05) is 12.1 Å². The number of carbonyl (C=O) groups excluding carboxylic acids is 2. The molecule has 0 fully saturated rings. The maximum Gasteiger partial charge on any atom is 0.441 e. The third kappa shape index (κ3) is 4.41. The third-order valence-corrected chi connectivity index (χ3v) is 3.22. The topological polar surface area (TPSA) is 105 Å². The van der Waals surface area contributed by atoms with Crippen LogP contribution in [0.1, 0.15) is 25.1 Å². The van der Waals surface area contributed by atoms with Crippen molar-refractivity contribution < 1.29 is 23.5 Å². The fourth-order valence-corrected chi connectivity index (χ4v) is 2.14. The van der Waals surface area contributed by atoms with Crippen LogP contribution in [0.15, 0.2) is 53.1 Å². The number of Topliss-reactive ketones (excluding diaryl/α,β-unsaturated/α-hetero) is 1. The van der Waals surface area contributed by atoms with Gasteiger partial charge in [0.2, 0.25) is 0 Å². The maximum atomic E-state index is 12.3. The zero-order valence-electron chi connectivity index (χ0n) is 13.1. The van der Waals surface area contributed by atoms with Crippen LogP contribution in [0, 0.1) is 0 Å². The van der Waals surface area contributed by atoms with Crippen molar-refractivity contribution in [3.05, 3.63) is 60.0 Å². The first-order valence-corrected chi connectivity index (χ1v) is 7.43. The smallest absolute Gasteiger partial charge is 0.441 e. The Morgan fingerprint density at radius 3 is 2.58 bits per heavy atom. The standard InChI is InChI=1S/C17H17N3O4/c1-2-23-17(22)16(20-18)14(21)11-13(15-9-6-10-24-15)19-12-7-4-3-5-8-12/h3-10,13,19H,2,11H2,1H3. The number of ether oxygens (including phenoxy) is 1. The van der Waals surface area contributed by atoms with Crippen LogP contribution in [-0.2, 0) is 14.3 Å². The van der Waals surface area contributed by atoms with Crippen molar-refractivity contribution in [2.45, 2.75) is 19.4 Å². The van der Waals surface area contributed by atoms with Crippen LogP contribution in [0.4, 0.5) is 5.69 Å². The molecule has 0 radical (unpaired) electrons. The molecule has 0 saturated carbocycles. The molecule has 1 N–H and O–H groups in total. The third-order valence-electron chi connectivity index (χ3n) is 3.22. The molecule has 2 aromatic rings. The van der Waals surface area contributed by atoms with Crippen molar-refractivity contribution in [1.29, 1.82) is 0 Å². The van der Waals surface area contributed by atoms with Gasteiger partial charge >= 0.3 is 11.7 Å². The summed E-state index contributed by atoms with van der Waals surface area (Å²) in [4.78, 5) is 26.8. The lowest BCUT2D eigenvalue weighted by Crippen LogP contribution is -2.30. The van der Waals surface area contributed by atoms with Gasteiger partial charge in [-0.2, -0.15) is 4.79 Å². The van der Waals surface area contributed by atoms with E-state index in [1.165, 1.54) is 6.26 Å². The normalized spacial score (nSPS) is 11.2. The van der Waals surface area contributed by atoms with Crippen molar-refractivity contribution >= 4 is 23.2 Å². The predicted molar refractivity (Wildman–Crippen MR) is 86.4 cm³/mol. The molecule has 124 valence electrons. The van der Waals surface area contributed by atoms with E-state index in [4.69, 9.17) is 14.7 Å². The molecular formula is C17H17N3O4. The quantitative estimate of drug-likeness (QED) is 0.264. The zero-order valence-corrected chi connectivity index (χ0v) is 13.1. The molecule has 0 saturated heterocycles. The van der Waals surface area contributed by atoms with Gasteiger partial charge in [0.1, 0.15) is 5.76 Å². The van der Waals surface area contributed by atoms with Gasteiger partial charge in [-0.05, 0) is 31.2 Å². The van der Waals surface area contributed by atoms with E-state index in [0.29, 0.717) is 5.76 Å². The van der Waals surface area contributed by atoms with E-state index in [1.807, 2.05) is 30.3 Å². The molecular weight excluding hydrogens is 310 g/mol. The van der Waals surface area contributed by atoms with Crippen LogP contribution in [-0.4, -0.2) is 28.9 Å². The molecule has 24 heavy (non-hydrogen) atoms. The van der Waals surface area contributed by atoms with Crippen LogP contribution in [0.25, 0.3) is 5.53 Å². The van der Waals surface area contributed by atoms with Gasteiger partial charge in [0.05, 0.1) is 18.9 Å². The number of nitrogens with one attached hydrogen (secondary N) is 1. The summed E-state index contributed by atoms with van der Waals surface area (Å²) in [6.07, 6.45) is 1.35. The lowest BCUT2D eigenvalue weighted by molar-refractivity contribution is -0.141. The van der Waals surface area contributed by atoms with E-state index in [-0.39, 0.29) is 13.0 Å². The molecule has 1 heterocycles. The fourth-order valence-electron chi connectivity index (χ4n) is 2.14. The second-order valence-corrected chi connectivity index (χ2v) is 4.87. The minimum Gasteiger partial charge on any atom is -0.467 e. The van der Waals surface area contributed by atoms with Crippen molar-refractivity contribution in [2.75, 3.05) is 11.9 Å². The zero-order chi connectivity index (χ0) is 17.4. The molecule has 1 unspecified atom stereocenters. The minimum atomic E-state index is -0.956. The second-order valence-electron chi connectivity index (χ2n) is 4.87. The number of rotatable bonds is 8. The predicted octanol–water partition coefficient (Wildman–Crippen LogP) is 2.63. The van der Waals surface area contributed by atoms with Crippen molar-refractivity contribution in [1.82, 2.24) is 0 Å². The van der Waals surface area contributed by atoms with E-state index >= 15 is 0 Å². The Morgan fingerprint density at radius 1 is 1.25 bits per heavy atom. The highest BCUT2D eigenvalue weighted by atomic mass is 16.5. The fraction of sp³-hybridized carbons (Fsp3) is 0.235. The Labute approximate surface area is 138 Å². The van der Waals surface area contributed by atoms with Crippen molar-refractivity contribution in [3.63, 3.8) is 0 Å². The molecule has 0 spiro atoms. The summed E-state index contributed by atoms with van der Waals surface area (Å²) in [6.45, 7) is 1.68. The number of para-hydroxylation sites is 1.